The quantitative estimate of drug-likeness (QED) is 0.638. The van der Waals surface area contributed by atoms with Crippen LogP contribution in [-0.2, 0) is 0 Å². The minimum atomic E-state index is 0.529. The summed E-state index contributed by atoms with van der Waals surface area (Å²) in [6.07, 6.45) is 8.41. The molecule has 0 aromatic heterocycles. The molecule has 0 spiro atoms. The second-order valence-corrected chi connectivity index (χ2v) is 4.84. The minimum Gasteiger partial charge on any atom is -0.328 e. The van der Waals surface area contributed by atoms with Crippen molar-refractivity contribution < 1.29 is 0 Å². The van der Waals surface area contributed by atoms with Crippen molar-refractivity contribution in [1.29, 1.82) is 0 Å². The zero-order valence-corrected chi connectivity index (χ0v) is 8.13. The summed E-state index contributed by atoms with van der Waals surface area (Å²) in [4.78, 5) is 0. The van der Waals surface area contributed by atoms with E-state index >= 15 is 0 Å². The van der Waals surface area contributed by atoms with Gasteiger partial charge in [-0.15, -0.1) is 0 Å². The third-order valence-corrected chi connectivity index (χ3v) is 4.03. The molecule has 0 aliphatic heterocycles. The molecule has 4 atom stereocenters. The Morgan fingerprint density at radius 2 is 1.83 bits per heavy atom. The fourth-order valence-electron chi connectivity index (χ4n) is 3.25. The van der Waals surface area contributed by atoms with E-state index < -0.39 is 0 Å². The molecule has 4 unspecified atom stereocenters. The van der Waals surface area contributed by atoms with Crippen LogP contribution in [0, 0.1) is 17.8 Å². The summed E-state index contributed by atoms with van der Waals surface area (Å²) in [7, 11) is 0. The molecule has 0 radical (unpaired) electrons. The number of rotatable bonds is 1. The lowest BCUT2D eigenvalue weighted by molar-refractivity contribution is 0.251. The largest absolute Gasteiger partial charge is 0.328 e. The van der Waals surface area contributed by atoms with Crippen molar-refractivity contribution in [1.82, 2.24) is 0 Å². The molecule has 0 bridgehead atoms. The van der Waals surface area contributed by atoms with Gasteiger partial charge in [0.25, 0.3) is 0 Å². The molecule has 12 heavy (non-hydrogen) atoms. The van der Waals surface area contributed by atoms with Crippen LogP contribution in [0.4, 0.5) is 0 Å². The van der Waals surface area contributed by atoms with Gasteiger partial charge in [-0.1, -0.05) is 13.3 Å². The second kappa shape index (κ2) is 3.37. The van der Waals surface area contributed by atoms with E-state index in [1.807, 2.05) is 0 Å². The van der Waals surface area contributed by atoms with E-state index in [0.717, 1.165) is 17.8 Å². The molecule has 2 aliphatic rings. The summed E-state index contributed by atoms with van der Waals surface area (Å²) in [5.41, 5.74) is 5.98. The molecule has 0 amide bonds. The smallest absolute Gasteiger partial charge is 0.00416 e. The highest BCUT2D eigenvalue weighted by atomic mass is 14.6. The van der Waals surface area contributed by atoms with Crippen LogP contribution in [-0.4, -0.2) is 6.04 Å². The van der Waals surface area contributed by atoms with Crippen LogP contribution in [0.25, 0.3) is 0 Å². The molecule has 0 aromatic carbocycles. The Labute approximate surface area is 75.7 Å². The number of hydrogen-bond donors (Lipinski definition) is 1. The van der Waals surface area contributed by atoms with Crippen LogP contribution in [0.1, 0.15) is 45.4 Å². The molecular formula is C11H21N. The van der Waals surface area contributed by atoms with Crippen molar-refractivity contribution in [2.45, 2.75) is 51.5 Å². The van der Waals surface area contributed by atoms with E-state index in [4.69, 9.17) is 5.73 Å². The molecule has 2 rings (SSSR count). The molecule has 1 heteroatoms. The monoisotopic (exact) mass is 167 g/mol. The van der Waals surface area contributed by atoms with Gasteiger partial charge in [-0.3, -0.25) is 0 Å². The Kier molecular flexibility index (Phi) is 2.40. The van der Waals surface area contributed by atoms with Crippen LogP contribution >= 0.6 is 0 Å². The maximum Gasteiger partial charge on any atom is 0.00416 e. The van der Waals surface area contributed by atoms with E-state index in [-0.39, 0.29) is 0 Å². The molecular weight excluding hydrogens is 146 g/mol. The molecule has 2 N–H and O–H groups in total. The summed E-state index contributed by atoms with van der Waals surface area (Å²) in [6, 6.07) is 0.529. The highest BCUT2D eigenvalue weighted by molar-refractivity contribution is 4.89. The highest BCUT2D eigenvalue weighted by Gasteiger charge is 2.36. The number of nitrogens with two attached hydrogens (primary N) is 1. The van der Waals surface area contributed by atoms with Crippen LogP contribution in [0.3, 0.4) is 0 Å². The van der Waals surface area contributed by atoms with Gasteiger partial charge >= 0.3 is 0 Å². The average Bonchev–Trinajstić information content (AvgIpc) is 2.46. The first-order valence-corrected chi connectivity index (χ1v) is 5.55. The fraction of sp³-hybridized carbons (Fsp3) is 1.00. The van der Waals surface area contributed by atoms with Gasteiger partial charge in [0.2, 0.25) is 0 Å². The molecule has 2 aliphatic carbocycles. The Hall–Kier alpha value is -0.0400. The number of fused-ring (bicyclic) bond motifs is 1. The summed E-state index contributed by atoms with van der Waals surface area (Å²) in [6.45, 7) is 2.34. The van der Waals surface area contributed by atoms with Gasteiger partial charge in [0, 0.05) is 6.04 Å². The van der Waals surface area contributed by atoms with E-state index in [1.54, 1.807) is 0 Å². The third kappa shape index (κ3) is 1.52. The Morgan fingerprint density at radius 3 is 2.58 bits per heavy atom. The van der Waals surface area contributed by atoms with Crippen LogP contribution in [0.2, 0.25) is 0 Å². The summed E-state index contributed by atoms with van der Waals surface area (Å²) in [5.74, 6) is 3.08. The minimum absolute atomic E-state index is 0.529. The van der Waals surface area contributed by atoms with Crippen molar-refractivity contribution in [3.05, 3.63) is 0 Å². The van der Waals surface area contributed by atoms with Crippen molar-refractivity contribution in [2.75, 3.05) is 0 Å². The first-order valence-electron chi connectivity index (χ1n) is 5.55. The zero-order valence-electron chi connectivity index (χ0n) is 8.13. The lowest BCUT2D eigenvalue weighted by Crippen LogP contribution is -2.30. The van der Waals surface area contributed by atoms with Gasteiger partial charge in [0.15, 0.2) is 0 Å². The van der Waals surface area contributed by atoms with Crippen molar-refractivity contribution in [3.8, 4) is 0 Å². The molecule has 2 saturated carbocycles. The lowest BCUT2D eigenvalue weighted by Gasteiger charge is -2.29. The normalized spacial score (nSPS) is 47.5. The Morgan fingerprint density at radius 1 is 1.08 bits per heavy atom. The van der Waals surface area contributed by atoms with Gasteiger partial charge < -0.3 is 5.73 Å². The first-order chi connectivity index (χ1) is 5.79. The van der Waals surface area contributed by atoms with Gasteiger partial charge in [0.05, 0.1) is 0 Å². The third-order valence-electron chi connectivity index (χ3n) is 4.03. The van der Waals surface area contributed by atoms with E-state index in [9.17, 15) is 0 Å². The standard InChI is InChI=1S/C11H21N/c1-2-8-5-9-3-4-11(12)7-10(9)6-8/h8-11H,2-7,12H2,1H3. The first kappa shape index (κ1) is 8.55. The predicted molar refractivity (Wildman–Crippen MR) is 51.8 cm³/mol. The van der Waals surface area contributed by atoms with Gasteiger partial charge in [-0.25, -0.2) is 0 Å². The molecule has 0 saturated heterocycles. The highest BCUT2D eigenvalue weighted by Crippen LogP contribution is 2.45. The van der Waals surface area contributed by atoms with Gasteiger partial charge in [0.1, 0.15) is 0 Å². The molecule has 1 nitrogen and oxygen atoms in total. The second-order valence-electron chi connectivity index (χ2n) is 4.84. The van der Waals surface area contributed by atoms with Crippen molar-refractivity contribution in [3.63, 3.8) is 0 Å². The van der Waals surface area contributed by atoms with Crippen LogP contribution in [0.5, 0.6) is 0 Å². The lowest BCUT2D eigenvalue weighted by atomic mass is 9.79. The van der Waals surface area contributed by atoms with Crippen LogP contribution < -0.4 is 5.73 Å². The maximum atomic E-state index is 5.98. The maximum absolute atomic E-state index is 5.98. The summed E-state index contributed by atoms with van der Waals surface area (Å²) in [5, 5.41) is 0. The van der Waals surface area contributed by atoms with Crippen LogP contribution in [0.15, 0.2) is 0 Å². The number of hydrogen-bond acceptors (Lipinski definition) is 1. The SMILES string of the molecule is CCC1CC2CCC(N)CC2C1. The Bertz CT molecular complexity index is 155. The van der Waals surface area contributed by atoms with E-state index in [2.05, 4.69) is 6.92 Å². The summed E-state index contributed by atoms with van der Waals surface area (Å²) < 4.78 is 0. The average molecular weight is 167 g/mol. The topological polar surface area (TPSA) is 26.0 Å². The molecule has 2 fully saturated rings. The van der Waals surface area contributed by atoms with Crippen molar-refractivity contribution in [2.24, 2.45) is 23.5 Å². The molecule has 70 valence electrons. The van der Waals surface area contributed by atoms with Crippen molar-refractivity contribution >= 4 is 0 Å². The molecule has 0 heterocycles. The zero-order chi connectivity index (χ0) is 8.55. The van der Waals surface area contributed by atoms with Gasteiger partial charge in [-0.05, 0) is 49.9 Å². The fourth-order valence-corrected chi connectivity index (χ4v) is 3.25. The Balaban J connectivity index is 1.93. The van der Waals surface area contributed by atoms with E-state index in [1.165, 1.54) is 38.5 Å². The predicted octanol–water partition coefficient (Wildman–Crippen LogP) is 2.55. The van der Waals surface area contributed by atoms with E-state index in [0.29, 0.717) is 6.04 Å². The molecule has 0 aromatic rings. The summed E-state index contributed by atoms with van der Waals surface area (Å²) >= 11 is 0. The van der Waals surface area contributed by atoms with Gasteiger partial charge in [-0.2, -0.15) is 0 Å².